The van der Waals surface area contributed by atoms with Crippen molar-refractivity contribution in [2.75, 3.05) is 18.5 Å². The summed E-state index contributed by atoms with van der Waals surface area (Å²) in [6.45, 7) is 3.42. The van der Waals surface area contributed by atoms with Crippen LogP contribution in [0.15, 0.2) is 30.7 Å². The Bertz CT molecular complexity index is 1160. The number of pyridine rings is 1. The van der Waals surface area contributed by atoms with Gasteiger partial charge in [-0.1, -0.05) is 0 Å². The Kier molecular flexibility index (Phi) is 4.80. The van der Waals surface area contributed by atoms with Gasteiger partial charge in [0.1, 0.15) is 18.2 Å². The number of rotatable bonds is 5. The van der Waals surface area contributed by atoms with Gasteiger partial charge < -0.3 is 20.1 Å². The summed E-state index contributed by atoms with van der Waals surface area (Å²) in [5.74, 6) is 1.46. The second-order valence-corrected chi connectivity index (χ2v) is 9.07. The summed E-state index contributed by atoms with van der Waals surface area (Å²) in [4.78, 5) is 21.2. The Morgan fingerprint density at radius 3 is 2.78 bits per heavy atom. The van der Waals surface area contributed by atoms with E-state index in [2.05, 4.69) is 25.7 Å². The molecule has 32 heavy (non-hydrogen) atoms. The molecule has 0 radical (unpaired) electrons. The van der Waals surface area contributed by atoms with Crippen LogP contribution in [-0.2, 0) is 9.53 Å². The van der Waals surface area contributed by atoms with Crippen molar-refractivity contribution in [2.45, 2.75) is 50.8 Å². The minimum Gasteiger partial charge on any atom is -0.488 e. The molecule has 3 aliphatic rings. The fourth-order valence-electron chi connectivity index (χ4n) is 4.59. The lowest BCUT2D eigenvalue weighted by molar-refractivity contribution is -0.117. The number of ether oxygens (including phenoxy) is 2. The number of anilines is 1. The van der Waals surface area contributed by atoms with Gasteiger partial charge in [-0.2, -0.15) is 0 Å². The number of morpholine rings is 1. The summed E-state index contributed by atoms with van der Waals surface area (Å²) in [6.07, 6.45) is 7.31. The average Bonchev–Trinajstić information content (AvgIpc) is 3.55. The van der Waals surface area contributed by atoms with Crippen molar-refractivity contribution in [2.24, 2.45) is 5.92 Å². The molecular formula is C23H26N6O3. The SMILES string of the molecule is Cc1cc(-c2cc3cc(NC(=O)C4CC4)nn3cn2)c(O[C@H]2C[C@H]3COC[C@@H](C2)N3)cn1. The molecule has 3 atom stereocenters. The molecule has 9 nitrogen and oxygen atoms in total. The van der Waals surface area contributed by atoms with Crippen molar-refractivity contribution in [3.05, 3.63) is 36.4 Å². The van der Waals surface area contributed by atoms with Crippen LogP contribution in [0.5, 0.6) is 5.75 Å². The molecule has 2 aliphatic heterocycles. The molecule has 0 spiro atoms. The summed E-state index contributed by atoms with van der Waals surface area (Å²) in [5, 5.41) is 10.9. The highest BCUT2D eigenvalue weighted by Crippen LogP contribution is 2.33. The van der Waals surface area contributed by atoms with Gasteiger partial charge in [-0.3, -0.25) is 9.78 Å². The number of aryl methyl sites for hydroxylation is 1. The summed E-state index contributed by atoms with van der Waals surface area (Å²) in [6, 6.07) is 6.51. The third kappa shape index (κ3) is 3.93. The number of fused-ring (bicyclic) bond motifs is 3. The molecule has 1 amide bonds. The van der Waals surface area contributed by atoms with Gasteiger partial charge in [0.25, 0.3) is 0 Å². The number of amides is 1. The van der Waals surface area contributed by atoms with Gasteiger partial charge in [0.15, 0.2) is 5.82 Å². The monoisotopic (exact) mass is 434 g/mol. The highest BCUT2D eigenvalue weighted by molar-refractivity contribution is 5.93. The van der Waals surface area contributed by atoms with E-state index in [0.717, 1.165) is 67.1 Å². The van der Waals surface area contributed by atoms with Crippen LogP contribution in [0.4, 0.5) is 5.82 Å². The molecule has 2 saturated heterocycles. The molecule has 1 aliphatic carbocycles. The maximum absolute atomic E-state index is 12.1. The summed E-state index contributed by atoms with van der Waals surface area (Å²) < 4.78 is 13.8. The Morgan fingerprint density at radius 2 is 2.00 bits per heavy atom. The van der Waals surface area contributed by atoms with E-state index in [9.17, 15) is 4.79 Å². The Balaban J connectivity index is 1.27. The second-order valence-electron chi connectivity index (χ2n) is 9.07. The van der Waals surface area contributed by atoms with Gasteiger partial charge >= 0.3 is 0 Å². The second kappa shape index (κ2) is 7.83. The van der Waals surface area contributed by atoms with Gasteiger partial charge in [0, 0.05) is 48.2 Å². The number of piperidine rings is 1. The summed E-state index contributed by atoms with van der Waals surface area (Å²) in [7, 11) is 0. The zero-order chi connectivity index (χ0) is 21.7. The van der Waals surface area contributed by atoms with Gasteiger partial charge in [-0.15, -0.1) is 5.10 Å². The maximum atomic E-state index is 12.1. The van der Waals surface area contributed by atoms with Crippen LogP contribution in [-0.4, -0.2) is 56.9 Å². The molecule has 1 saturated carbocycles. The molecule has 5 heterocycles. The molecule has 6 rings (SSSR count). The molecule has 2 N–H and O–H groups in total. The minimum absolute atomic E-state index is 0.0409. The molecule has 9 heteroatoms. The number of nitrogens with one attached hydrogen (secondary N) is 2. The summed E-state index contributed by atoms with van der Waals surface area (Å²) >= 11 is 0. The van der Waals surface area contributed by atoms with Crippen molar-refractivity contribution in [3.63, 3.8) is 0 Å². The molecule has 2 bridgehead atoms. The van der Waals surface area contributed by atoms with Crippen LogP contribution in [0, 0.1) is 12.8 Å². The van der Waals surface area contributed by atoms with E-state index in [1.54, 1.807) is 17.0 Å². The van der Waals surface area contributed by atoms with Crippen LogP contribution in [0.2, 0.25) is 0 Å². The first kappa shape index (κ1) is 19.6. The molecule has 0 aromatic carbocycles. The number of aromatic nitrogens is 4. The van der Waals surface area contributed by atoms with Gasteiger partial charge in [-0.25, -0.2) is 9.50 Å². The van der Waals surface area contributed by atoms with E-state index in [1.807, 2.05) is 25.1 Å². The van der Waals surface area contributed by atoms with Crippen molar-refractivity contribution >= 4 is 17.2 Å². The van der Waals surface area contributed by atoms with Gasteiger partial charge in [0.05, 0.1) is 30.6 Å². The first-order valence-corrected chi connectivity index (χ1v) is 11.2. The van der Waals surface area contributed by atoms with Crippen molar-refractivity contribution in [3.8, 4) is 17.0 Å². The van der Waals surface area contributed by atoms with Gasteiger partial charge in [-0.05, 0) is 31.9 Å². The fourth-order valence-corrected chi connectivity index (χ4v) is 4.59. The average molecular weight is 435 g/mol. The third-order valence-electron chi connectivity index (χ3n) is 6.33. The van der Waals surface area contributed by atoms with E-state index >= 15 is 0 Å². The standard InChI is InChI=1S/C23H26N6O3/c1-13-4-19(21(9-24-13)32-18-5-15-10-31-11-16(6-18)26-15)20-7-17-8-22(28-29(17)12-25-20)27-23(30)14-2-3-14/h4,7-9,12,14-16,18,26H,2-3,5-6,10-11H2,1H3,(H,27,28,30)/t15-,16+,18-. The predicted molar refractivity (Wildman–Crippen MR) is 117 cm³/mol. The predicted octanol–water partition coefficient (Wildman–Crippen LogP) is 2.35. The van der Waals surface area contributed by atoms with Gasteiger partial charge in [0.2, 0.25) is 5.91 Å². The van der Waals surface area contributed by atoms with Crippen molar-refractivity contribution in [1.29, 1.82) is 0 Å². The molecule has 3 aromatic heterocycles. The van der Waals surface area contributed by atoms with Crippen molar-refractivity contribution < 1.29 is 14.3 Å². The maximum Gasteiger partial charge on any atom is 0.228 e. The van der Waals surface area contributed by atoms with E-state index in [1.165, 1.54) is 0 Å². The molecule has 3 fully saturated rings. The van der Waals surface area contributed by atoms with Crippen LogP contribution in [0.3, 0.4) is 0 Å². The Hall–Kier alpha value is -3.04. The summed E-state index contributed by atoms with van der Waals surface area (Å²) in [5.41, 5.74) is 3.45. The minimum atomic E-state index is 0.0409. The lowest BCUT2D eigenvalue weighted by atomic mass is 9.94. The zero-order valence-electron chi connectivity index (χ0n) is 18.0. The van der Waals surface area contributed by atoms with Crippen LogP contribution >= 0.6 is 0 Å². The number of nitrogens with zero attached hydrogens (tertiary/aromatic N) is 4. The fraction of sp³-hybridized carbons (Fsp3) is 0.478. The number of hydrogen-bond acceptors (Lipinski definition) is 7. The zero-order valence-corrected chi connectivity index (χ0v) is 18.0. The molecule has 166 valence electrons. The van der Waals surface area contributed by atoms with Crippen LogP contribution in [0.1, 0.15) is 31.4 Å². The lowest BCUT2D eigenvalue weighted by Crippen LogP contribution is -2.56. The lowest BCUT2D eigenvalue weighted by Gasteiger charge is -2.40. The number of carbonyl (C=O) groups is 1. The van der Waals surface area contributed by atoms with E-state index in [0.29, 0.717) is 17.9 Å². The van der Waals surface area contributed by atoms with Crippen molar-refractivity contribution in [1.82, 2.24) is 24.9 Å². The first-order chi connectivity index (χ1) is 15.6. The van der Waals surface area contributed by atoms with Crippen LogP contribution < -0.4 is 15.4 Å². The molecule has 3 aromatic rings. The van der Waals surface area contributed by atoms with E-state index in [4.69, 9.17) is 9.47 Å². The first-order valence-electron chi connectivity index (χ1n) is 11.2. The largest absolute Gasteiger partial charge is 0.488 e. The Labute approximate surface area is 185 Å². The highest BCUT2D eigenvalue weighted by Gasteiger charge is 2.33. The third-order valence-corrected chi connectivity index (χ3v) is 6.33. The van der Waals surface area contributed by atoms with Crippen LogP contribution in [0.25, 0.3) is 16.8 Å². The Morgan fingerprint density at radius 1 is 1.19 bits per heavy atom. The smallest absolute Gasteiger partial charge is 0.228 e. The quantitative estimate of drug-likeness (QED) is 0.635. The van der Waals surface area contributed by atoms with E-state index < -0.39 is 0 Å². The van der Waals surface area contributed by atoms with E-state index in [-0.39, 0.29) is 17.9 Å². The highest BCUT2D eigenvalue weighted by atomic mass is 16.5. The molecular weight excluding hydrogens is 408 g/mol. The topological polar surface area (TPSA) is 103 Å². The number of hydrogen-bond donors (Lipinski definition) is 2. The number of carbonyl (C=O) groups excluding carboxylic acids is 1. The molecule has 0 unspecified atom stereocenters. The normalized spacial score (nSPS) is 25.0.